The highest BCUT2D eigenvalue weighted by molar-refractivity contribution is 7.20. The smallest absolute Gasteiger partial charge is 0.259 e. The van der Waals surface area contributed by atoms with Crippen molar-refractivity contribution < 1.29 is 4.79 Å². The molecule has 0 radical (unpaired) electrons. The number of hydrogen-bond acceptors (Lipinski definition) is 4. The number of nitrogens with zero attached hydrogens (tertiary/aromatic N) is 1. The summed E-state index contributed by atoms with van der Waals surface area (Å²) in [5.41, 5.74) is 1.53. The van der Waals surface area contributed by atoms with E-state index in [1.165, 1.54) is 29.1 Å². The highest BCUT2D eigenvalue weighted by atomic mass is 35.5. The lowest BCUT2D eigenvalue weighted by Gasteiger charge is -2.06. The Hall–Kier alpha value is -0.620. The monoisotopic (exact) mass is 332 g/mol. The van der Waals surface area contributed by atoms with Gasteiger partial charge in [0.2, 0.25) is 0 Å². The summed E-state index contributed by atoms with van der Waals surface area (Å²) >= 11 is 14.5. The molecule has 2 heterocycles. The molecule has 0 aromatic carbocycles. The first-order valence-electron chi connectivity index (χ1n) is 5.88. The molecule has 2 aromatic rings. The SMILES string of the molecule is O=C(Nc1nc2c(s1)CCCC2)c1cc(Cl)sc1Cl. The summed E-state index contributed by atoms with van der Waals surface area (Å²) in [7, 11) is 0. The van der Waals surface area contributed by atoms with Crippen molar-refractivity contribution in [2.24, 2.45) is 0 Å². The molecule has 7 heteroatoms. The minimum Gasteiger partial charge on any atom is -0.298 e. The molecule has 1 aliphatic rings. The first kappa shape index (κ1) is 13.4. The van der Waals surface area contributed by atoms with Crippen LogP contribution in [-0.2, 0) is 12.8 Å². The first-order valence-corrected chi connectivity index (χ1v) is 8.27. The van der Waals surface area contributed by atoms with Crippen LogP contribution in [0.1, 0.15) is 33.8 Å². The molecule has 100 valence electrons. The number of halogens is 2. The van der Waals surface area contributed by atoms with E-state index in [1.807, 2.05) is 0 Å². The number of carbonyl (C=O) groups is 1. The van der Waals surface area contributed by atoms with Gasteiger partial charge in [-0.3, -0.25) is 10.1 Å². The summed E-state index contributed by atoms with van der Waals surface area (Å²) in [6.07, 6.45) is 4.45. The molecule has 0 aliphatic heterocycles. The lowest BCUT2D eigenvalue weighted by Crippen LogP contribution is -2.11. The minimum atomic E-state index is -0.251. The second-order valence-corrected chi connectivity index (χ2v) is 7.66. The number of amides is 1. The number of anilines is 1. The molecule has 0 saturated heterocycles. The first-order chi connectivity index (χ1) is 9.13. The molecular formula is C12H10Cl2N2OS2. The molecule has 0 bridgehead atoms. The fourth-order valence-electron chi connectivity index (χ4n) is 2.06. The molecule has 0 atom stereocenters. The molecule has 2 aromatic heterocycles. The molecule has 3 rings (SSSR count). The van der Waals surface area contributed by atoms with E-state index in [-0.39, 0.29) is 5.91 Å². The predicted octanol–water partition coefficient (Wildman–Crippen LogP) is 4.64. The van der Waals surface area contributed by atoms with Gasteiger partial charge in [-0.2, -0.15) is 0 Å². The predicted molar refractivity (Wildman–Crippen MR) is 81.0 cm³/mol. The Morgan fingerprint density at radius 2 is 2.05 bits per heavy atom. The van der Waals surface area contributed by atoms with E-state index in [0.717, 1.165) is 18.5 Å². The van der Waals surface area contributed by atoms with E-state index in [0.29, 0.717) is 19.4 Å². The Morgan fingerprint density at radius 3 is 2.74 bits per heavy atom. The average Bonchev–Trinajstić information content (AvgIpc) is 2.91. The second-order valence-electron chi connectivity index (χ2n) is 4.29. The van der Waals surface area contributed by atoms with Crippen LogP contribution in [-0.4, -0.2) is 10.9 Å². The quantitative estimate of drug-likeness (QED) is 0.870. The average molecular weight is 333 g/mol. The maximum absolute atomic E-state index is 12.1. The maximum Gasteiger partial charge on any atom is 0.259 e. The third kappa shape index (κ3) is 2.79. The van der Waals surface area contributed by atoms with Crippen molar-refractivity contribution in [2.45, 2.75) is 25.7 Å². The number of hydrogen-bond donors (Lipinski definition) is 1. The van der Waals surface area contributed by atoms with Crippen molar-refractivity contribution in [1.82, 2.24) is 4.98 Å². The van der Waals surface area contributed by atoms with Gasteiger partial charge >= 0.3 is 0 Å². The van der Waals surface area contributed by atoms with Gasteiger partial charge in [0.1, 0.15) is 4.34 Å². The van der Waals surface area contributed by atoms with Crippen LogP contribution >= 0.6 is 45.9 Å². The van der Waals surface area contributed by atoms with Crippen LogP contribution in [0, 0.1) is 0 Å². The van der Waals surface area contributed by atoms with Crippen molar-refractivity contribution in [1.29, 1.82) is 0 Å². The van der Waals surface area contributed by atoms with Gasteiger partial charge in [-0.15, -0.1) is 22.7 Å². The van der Waals surface area contributed by atoms with E-state index in [2.05, 4.69) is 10.3 Å². The third-order valence-electron chi connectivity index (χ3n) is 2.97. The molecule has 0 unspecified atom stereocenters. The Kier molecular flexibility index (Phi) is 3.80. The number of rotatable bonds is 2. The van der Waals surface area contributed by atoms with Gasteiger partial charge in [-0.05, 0) is 31.7 Å². The van der Waals surface area contributed by atoms with Gasteiger partial charge in [0.15, 0.2) is 5.13 Å². The highest BCUT2D eigenvalue weighted by Crippen LogP contribution is 2.33. The summed E-state index contributed by atoms with van der Waals surface area (Å²) in [6, 6.07) is 1.58. The molecule has 0 spiro atoms. The number of thiophene rings is 1. The van der Waals surface area contributed by atoms with Crippen molar-refractivity contribution in [2.75, 3.05) is 5.32 Å². The number of nitrogens with one attached hydrogen (secondary N) is 1. The molecule has 0 saturated carbocycles. The zero-order valence-electron chi connectivity index (χ0n) is 9.83. The molecule has 1 N–H and O–H groups in total. The van der Waals surface area contributed by atoms with Gasteiger partial charge in [0, 0.05) is 4.88 Å². The van der Waals surface area contributed by atoms with E-state index < -0.39 is 0 Å². The molecule has 0 fully saturated rings. The van der Waals surface area contributed by atoms with Crippen molar-refractivity contribution in [3.8, 4) is 0 Å². The van der Waals surface area contributed by atoms with Gasteiger partial charge in [-0.25, -0.2) is 4.98 Å². The van der Waals surface area contributed by atoms with Crippen LogP contribution in [0.4, 0.5) is 5.13 Å². The van der Waals surface area contributed by atoms with Gasteiger partial charge in [-0.1, -0.05) is 23.2 Å². The highest BCUT2D eigenvalue weighted by Gasteiger charge is 2.19. The van der Waals surface area contributed by atoms with E-state index in [4.69, 9.17) is 23.2 Å². The lowest BCUT2D eigenvalue weighted by atomic mass is 10.0. The maximum atomic E-state index is 12.1. The fourth-order valence-corrected chi connectivity index (χ4v) is 4.57. The number of aromatic nitrogens is 1. The Balaban J connectivity index is 1.79. The summed E-state index contributed by atoms with van der Waals surface area (Å²) in [5.74, 6) is -0.251. The van der Waals surface area contributed by atoms with Crippen molar-refractivity contribution in [3.63, 3.8) is 0 Å². The van der Waals surface area contributed by atoms with Gasteiger partial charge in [0.05, 0.1) is 15.6 Å². The minimum absolute atomic E-state index is 0.251. The Morgan fingerprint density at radius 1 is 1.26 bits per heavy atom. The summed E-state index contributed by atoms with van der Waals surface area (Å²) in [4.78, 5) is 17.8. The zero-order chi connectivity index (χ0) is 13.4. The van der Waals surface area contributed by atoms with E-state index in [1.54, 1.807) is 17.4 Å². The van der Waals surface area contributed by atoms with E-state index in [9.17, 15) is 4.79 Å². The van der Waals surface area contributed by atoms with Crippen LogP contribution in [0.15, 0.2) is 6.07 Å². The van der Waals surface area contributed by atoms with Gasteiger partial charge in [0.25, 0.3) is 5.91 Å². The lowest BCUT2D eigenvalue weighted by molar-refractivity contribution is 0.102. The van der Waals surface area contributed by atoms with Gasteiger partial charge < -0.3 is 0 Å². The standard InChI is InChI=1S/C12H10Cl2N2OS2/c13-9-5-6(10(14)19-9)11(17)16-12-15-7-3-1-2-4-8(7)18-12/h5H,1-4H2,(H,15,16,17). The van der Waals surface area contributed by atoms with Crippen LogP contribution in [0.25, 0.3) is 0 Å². The summed E-state index contributed by atoms with van der Waals surface area (Å²) in [6.45, 7) is 0. The normalized spacial score (nSPS) is 14.2. The Labute approximate surface area is 128 Å². The molecule has 19 heavy (non-hydrogen) atoms. The second kappa shape index (κ2) is 5.40. The Bertz CT molecular complexity index is 612. The van der Waals surface area contributed by atoms with E-state index >= 15 is 0 Å². The topological polar surface area (TPSA) is 42.0 Å². The fraction of sp³-hybridized carbons (Fsp3) is 0.333. The van der Waals surface area contributed by atoms with Crippen LogP contribution in [0.3, 0.4) is 0 Å². The largest absolute Gasteiger partial charge is 0.298 e. The number of carbonyl (C=O) groups excluding carboxylic acids is 1. The molecular weight excluding hydrogens is 323 g/mol. The zero-order valence-corrected chi connectivity index (χ0v) is 13.0. The van der Waals surface area contributed by atoms with Crippen molar-refractivity contribution in [3.05, 3.63) is 30.9 Å². The molecule has 3 nitrogen and oxygen atoms in total. The summed E-state index contributed by atoms with van der Waals surface area (Å²) in [5, 5.41) is 3.45. The number of fused-ring (bicyclic) bond motifs is 1. The number of aryl methyl sites for hydroxylation is 2. The number of thiazole rings is 1. The third-order valence-corrected chi connectivity index (χ3v) is 5.53. The summed E-state index contributed by atoms with van der Waals surface area (Å²) < 4.78 is 0.914. The molecule has 1 amide bonds. The van der Waals surface area contributed by atoms with Crippen LogP contribution < -0.4 is 5.32 Å². The van der Waals surface area contributed by atoms with Crippen LogP contribution in [0.2, 0.25) is 8.67 Å². The molecule has 1 aliphatic carbocycles. The van der Waals surface area contributed by atoms with Crippen LogP contribution in [0.5, 0.6) is 0 Å². The van der Waals surface area contributed by atoms with Crippen molar-refractivity contribution >= 4 is 56.9 Å².